The van der Waals surface area contributed by atoms with Crippen molar-refractivity contribution in [2.24, 2.45) is 0 Å². The van der Waals surface area contributed by atoms with Crippen LogP contribution in [0.4, 0.5) is 0 Å². The van der Waals surface area contributed by atoms with Crippen LogP contribution in [0.1, 0.15) is 16.7 Å². The summed E-state index contributed by atoms with van der Waals surface area (Å²) in [5.74, 6) is 0.890. The van der Waals surface area contributed by atoms with Crippen LogP contribution in [0.25, 0.3) is 0 Å². The quantitative estimate of drug-likeness (QED) is 0.603. The molecule has 0 radical (unpaired) electrons. The van der Waals surface area contributed by atoms with Gasteiger partial charge in [-0.25, -0.2) is 8.42 Å². The maximum absolute atomic E-state index is 12.7. The number of halogens is 1. The monoisotopic (exact) mass is 485 g/mol. The zero-order valence-electron chi connectivity index (χ0n) is 18.2. The van der Waals surface area contributed by atoms with Crippen molar-refractivity contribution in [3.05, 3.63) is 45.3 Å². The molecule has 2 aromatic rings. The molecule has 10 heteroatoms. The Balaban J connectivity index is 1.54. The minimum Gasteiger partial charge on any atom is -0.496 e. The highest BCUT2D eigenvalue weighted by molar-refractivity contribution is 7.91. The summed E-state index contributed by atoms with van der Waals surface area (Å²) in [5, 5.41) is 0. The Bertz CT molecular complexity index is 1020. The van der Waals surface area contributed by atoms with E-state index in [0.29, 0.717) is 24.0 Å². The maximum Gasteiger partial charge on any atom is 0.252 e. The number of methoxy groups -OCH3 is 1. The van der Waals surface area contributed by atoms with E-state index in [-0.39, 0.29) is 29.8 Å². The second-order valence-corrected chi connectivity index (χ2v) is 11.7. The number of carbonyl (C=O) groups is 1. The Hall–Kier alpha value is -1.65. The molecule has 1 aromatic heterocycles. The van der Waals surface area contributed by atoms with E-state index < -0.39 is 10.0 Å². The number of amides is 1. The van der Waals surface area contributed by atoms with Gasteiger partial charge in [-0.15, -0.1) is 11.3 Å². The van der Waals surface area contributed by atoms with E-state index in [1.54, 1.807) is 18.1 Å². The summed E-state index contributed by atoms with van der Waals surface area (Å²) in [4.78, 5) is 16.4. The van der Waals surface area contributed by atoms with Crippen molar-refractivity contribution in [1.29, 1.82) is 0 Å². The summed E-state index contributed by atoms with van der Waals surface area (Å²) in [5.41, 5.74) is 3.26. The highest BCUT2D eigenvalue weighted by atomic mass is 35.5. The molecule has 170 valence electrons. The lowest BCUT2D eigenvalue weighted by Crippen LogP contribution is -2.52. The molecule has 3 rings (SSSR count). The molecule has 1 aliphatic heterocycles. The fourth-order valence-electron chi connectivity index (χ4n) is 3.89. The number of thiophene rings is 1. The molecular weight excluding hydrogens is 458 g/mol. The Morgan fingerprint density at radius 2 is 1.77 bits per heavy atom. The van der Waals surface area contributed by atoms with Crippen LogP contribution < -0.4 is 4.74 Å². The predicted octanol–water partition coefficient (Wildman–Crippen LogP) is 2.99. The number of aryl methyl sites for hydroxylation is 2. The van der Waals surface area contributed by atoms with Gasteiger partial charge in [0.1, 0.15) is 9.96 Å². The lowest BCUT2D eigenvalue weighted by Gasteiger charge is -2.34. The number of hydrogen-bond acceptors (Lipinski definition) is 6. The largest absolute Gasteiger partial charge is 0.496 e. The Morgan fingerprint density at radius 1 is 1.16 bits per heavy atom. The van der Waals surface area contributed by atoms with Gasteiger partial charge in [0.25, 0.3) is 10.0 Å². The molecule has 1 aromatic carbocycles. The molecule has 0 spiro atoms. The predicted molar refractivity (Wildman–Crippen MR) is 123 cm³/mol. The first kappa shape index (κ1) is 24.0. The molecule has 1 amide bonds. The highest BCUT2D eigenvalue weighted by Crippen LogP contribution is 2.29. The van der Waals surface area contributed by atoms with Crippen LogP contribution in [-0.2, 0) is 21.4 Å². The van der Waals surface area contributed by atoms with E-state index in [1.807, 2.05) is 25.8 Å². The van der Waals surface area contributed by atoms with Crippen molar-refractivity contribution in [3.63, 3.8) is 0 Å². The van der Waals surface area contributed by atoms with Crippen LogP contribution in [0.15, 0.2) is 28.5 Å². The van der Waals surface area contributed by atoms with Gasteiger partial charge in [0, 0.05) is 32.7 Å². The van der Waals surface area contributed by atoms with Gasteiger partial charge in [-0.3, -0.25) is 9.69 Å². The Kier molecular flexibility index (Phi) is 7.64. The number of benzene rings is 1. The van der Waals surface area contributed by atoms with E-state index in [9.17, 15) is 13.2 Å². The highest BCUT2D eigenvalue weighted by Gasteiger charge is 2.31. The number of hydrogen-bond donors (Lipinski definition) is 0. The fraction of sp³-hybridized carbons (Fsp3) is 0.476. The van der Waals surface area contributed by atoms with Gasteiger partial charge < -0.3 is 9.64 Å². The van der Waals surface area contributed by atoms with Crippen molar-refractivity contribution in [2.75, 3.05) is 46.9 Å². The van der Waals surface area contributed by atoms with Crippen LogP contribution in [0.5, 0.6) is 5.75 Å². The van der Waals surface area contributed by atoms with Crippen LogP contribution in [-0.4, -0.2) is 75.3 Å². The molecule has 0 atom stereocenters. The summed E-state index contributed by atoms with van der Waals surface area (Å²) in [6, 6.07) is 7.26. The molecule has 31 heavy (non-hydrogen) atoms. The van der Waals surface area contributed by atoms with Gasteiger partial charge in [0.15, 0.2) is 0 Å². The molecule has 1 aliphatic rings. The first-order valence-electron chi connectivity index (χ1n) is 9.97. The molecule has 0 aliphatic carbocycles. The van der Waals surface area contributed by atoms with Crippen molar-refractivity contribution in [3.8, 4) is 5.75 Å². The number of likely N-dealkylation sites (N-methyl/N-ethyl adjacent to an activating group) is 1. The zero-order valence-corrected chi connectivity index (χ0v) is 20.6. The van der Waals surface area contributed by atoms with E-state index in [1.165, 1.54) is 10.4 Å². The number of piperazine rings is 1. The molecule has 0 saturated carbocycles. The maximum atomic E-state index is 12.7. The molecule has 1 fully saturated rings. The van der Waals surface area contributed by atoms with Gasteiger partial charge in [0.2, 0.25) is 5.91 Å². The van der Waals surface area contributed by atoms with Gasteiger partial charge in [-0.2, -0.15) is 4.31 Å². The van der Waals surface area contributed by atoms with E-state index in [0.717, 1.165) is 33.8 Å². The second-order valence-electron chi connectivity index (χ2n) is 7.78. The van der Waals surface area contributed by atoms with Crippen molar-refractivity contribution < 1.29 is 17.9 Å². The standard InChI is InChI=1S/C21H28ClN3O4S2/c1-15-11-17(12-16(2)21(15)29-4)13-23(3)14-19(26)24-7-9-25(10-8-24)31(27,28)20-6-5-18(22)30-20/h5-6,11-12H,7-10,13-14H2,1-4H3. The van der Waals surface area contributed by atoms with Gasteiger partial charge in [0.05, 0.1) is 18.0 Å². The number of sulfonamides is 1. The molecule has 7 nitrogen and oxygen atoms in total. The lowest BCUT2D eigenvalue weighted by molar-refractivity contribution is -0.133. The molecule has 2 heterocycles. The van der Waals surface area contributed by atoms with E-state index in [2.05, 4.69) is 12.1 Å². The Morgan fingerprint density at radius 3 is 2.29 bits per heavy atom. The number of carbonyl (C=O) groups excluding carboxylic acids is 1. The van der Waals surface area contributed by atoms with Crippen LogP contribution in [0, 0.1) is 13.8 Å². The van der Waals surface area contributed by atoms with Gasteiger partial charge in [-0.1, -0.05) is 23.7 Å². The van der Waals surface area contributed by atoms with E-state index in [4.69, 9.17) is 16.3 Å². The summed E-state index contributed by atoms with van der Waals surface area (Å²) < 4.78 is 32.9. The summed E-state index contributed by atoms with van der Waals surface area (Å²) in [6.07, 6.45) is 0. The summed E-state index contributed by atoms with van der Waals surface area (Å²) in [7, 11) is 0.0185. The zero-order chi connectivity index (χ0) is 22.8. The fourth-order valence-corrected chi connectivity index (χ4v) is 6.95. The first-order valence-corrected chi connectivity index (χ1v) is 12.6. The van der Waals surface area contributed by atoms with Crippen LogP contribution in [0.3, 0.4) is 0 Å². The lowest BCUT2D eigenvalue weighted by atomic mass is 10.1. The smallest absolute Gasteiger partial charge is 0.252 e. The summed E-state index contributed by atoms with van der Waals surface area (Å²) >= 11 is 6.93. The summed E-state index contributed by atoms with van der Waals surface area (Å²) in [6.45, 7) is 6.27. The molecular formula is C21H28ClN3O4S2. The molecule has 0 N–H and O–H groups in total. The normalized spacial score (nSPS) is 15.5. The average molecular weight is 486 g/mol. The Labute approximate surface area is 193 Å². The van der Waals surface area contributed by atoms with Crippen molar-refractivity contribution in [1.82, 2.24) is 14.1 Å². The van der Waals surface area contributed by atoms with Crippen molar-refractivity contribution >= 4 is 38.9 Å². The van der Waals surface area contributed by atoms with Crippen LogP contribution >= 0.6 is 22.9 Å². The third kappa shape index (κ3) is 5.59. The molecule has 1 saturated heterocycles. The average Bonchev–Trinajstić information content (AvgIpc) is 3.15. The number of rotatable bonds is 7. The van der Waals surface area contributed by atoms with Crippen molar-refractivity contribution in [2.45, 2.75) is 24.6 Å². The SMILES string of the molecule is COc1c(C)cc(CN(C)CC(=O)N2CCN(S(=O)(=O)c3ccc(Cl)s3)CC2)cc1C. The van der Waals surface area contributed by atoms with Gasteiger partial charge in [-0.05, 0) is 49.7 Å². The minimum absolute atomic E-state index is 0.000622. The van der Waals surface area contributed by atoms with Crippen LogP contribution in [0.2, 0.25) is 4.34 Å². The van der Waals surface area contributed by atoms with E-state index >= 15 is 0 Å². The first-order chi connectivity index (χ1) is 14.6. The molecule has 0 unspecified atom stereocenters. The third-order valence-corrected chi connectivity index (χ3v) is 8.91. The third-order valence-electron chi connectivity index (χ3n) is 5.32. The number of nitrogens with zero attached hydrogens (tertiary/aromatic N) is 3. The second kappa shape index (κ2) is 9.87. The van der Waals surface area contributed by atoms with Gasteiger partial charge >= 0.3 is 0 Å². The minimum atomic E-state index is -3.56. The molecule has 0 bridgehead atoms. The topological polar surface area (TPSA) is 70.2 Å². The number of ether oxygens (including phenoxy) is 1.